The summed E-state index contributed by atoms with van der Waals surface area (Å²) in [6, 6.07) is 6.32. The number of halogens is 1. The van der Waals surface area contributed by atoms with Crippen LogP contribution in [0, 0.1) is 6.07 Å². The van der Waals surface area contributed by atoms with E-state index >= 15 is 0 Å². The Hall–Kier alpha value is -0.730. The van der Waals surface area contributed by atoms with Crippen LogP contribution < -0.4 is 10.5 Å². The molecule has 0 saturated heterocycles. The molecule has 2 N–H and O–H groups in total. The van der Waals surface area contributed by atoms with Crippen LogP contribution in [0.25, 0.3) is 0 Å². The molecule has 0 aliphatic carbocycles. The molecule has 3 heteroatoms. The lowest BCUT2D eigenvalue weighted by Crippen LogP contribution is -1.99. The van der Waals surface area contributed by atoms with Crippen molar-refractivity contribution in [1.82, 2.24) is 0 Å². The van der Waals surface area contributed by atoms with Gasteiger partial charge in [-0.15, -0.1) is 0 Å². The summed E-state index contributed by atoms with van der Waals surface area (Å²) in [7, 11) is 1.58. The number of rotatable bonds is 2. The quantitative estimate of drug-likeness (QED) is 0.732. The number of nitrogens with two attached hydrogens (primary N) is 1. The molecule has 0 aliphatic rings. The minimum absolute atomic E-state index is 0.417. The lowest BCUT2D eigenvalue weighted by atomic mass is 10.2. The van der Waals surface area contributed by atoms with Gasteiger partial charge in [-0.25, -0.2) is 0 Å². The van der Waals surface area contributed by atoms with Gasteiger partial charge in [-0.3, -0.25) is 0 Å². The maximum absolute atomic E-state index is 5.70. The molecule has 1 rings (SSSR count). The molecule has 1 radical (unpaired) electrons. The fourth-order valence-corrected chi connectivity index (χ4v) is 0.977. The van der Waals surface area contributed by atoms with Crippen LogP contribution in [0.5, 0.6) is 5.75 Å². The van der Waals surface area contributed by atoms with Crippen molar-refractivity contribution in [2.75, 3.05) is 7.11 Å². The van der Waals surface area contributed by atoms with E-state index in [1.165, 1.54) is 0 Å². The molecule has 0 fully saturated rings. The van der Waals surface area contributed by atoms with Gasteiger partial charge in [0, 0.05) is 17.1 Å². The van der Waals surface area contributed by atoms with E-state index in [4.69, 9.17) is 22.1 Å². The summed E-state index contributed by atoms with van der Waals surface area (Å²) in [5.41, 5.74) is 6.27. The Kier molecular flexibility index (Phi) is 2.74. The zero-order valence-corrected chi connectivity index (χ0v) is 6.98. The van der Waals surface area contributed by atoms with E-state index in [1.54, 1.807) is 19.2 Å². The predicted octanol–water partition coefficient (Wildman–Crippen LogP) is 1.61. The van der Waals surface area contributed by atoms with Gasteiger partial charge in [-0.05, 0) is 18.2 Å². The number of methoxy groups -OCH3 is 1. The number of hydrogen-bond donors (Lipinski definition) is 1. The lowest BCUT2D eigenvalue weighted by Gasteiger charge is -2.04. The third-order valence-electron chi connectivity index (χ3n) is 1.37. The molecule has 0 amide bonds. The largest absolute Gasteiger partial charge is 0.496 e. The Balaban J connectivity index is 3.06. The van der Waals surface area contributed by atoms with Crippen LogP contribution in [0.2, 0.25) is 5.02 Å². The fourth-order valence-electron chi connectivity index (χ4n) is 0.823. The second-order valence-corrected chi connectivity index (χ2v) is 2.51. The molecule has 59 valence electrons. The van der Waals surface area contributed by atoms with Crippen LogP contribution >= 0.6 is 11.6 Å². The molecular formula is C8H9ClNO. The average Bonchev–Trinajstić information content (AvgIpc) is 2.04. The smallest absolute Gasteiger partial charge is 0.125 e. The highest BCUT2D eigenvalue weighted by molar-refractivity contribution is 6.30. The van der Waals surface area contributed by atoms with Crippen molar-refractivity contribution < 1.29 is 4.74 Å². The summed E-state index contributed by atoms with van der Waals surface area (Å²) < 4.78 is 5.02. The van der Waals surface area contributed by atoms with Gasteiger partial charge in [0.25, 0.3) is 0 Å². The van der Waals surface area contributed by atoms with Crippen molar-refractivity contribution in [3.63, 3.8) is 0 Å². The first-order chi connectivity index (χ1) is 5.27. The van der Waals surface area contributed by atoms with Crippen molar-refractivity contribution in [2.24, 2.45) is 5.73 Å². The van der Waals surface area contributed by atoms with Crippen LogP contribution in [0.1, 0.15) is 5.56 Å². The van der Waals surface area contributed by atoms with Crippen molar-refractivity contribution in [3.05, 3.63) is 28.8 Å². The van der Waals surface area contributed by atoms with E-state index in [2.05, 4.69) is 6.07 Å². The van der Waals surface area contributed by atoms with E-state index in [-0.39, 0.29) is 0 Å². The highest BCUT2D eigenvalue weighted by Crippen LogP contribution is 2.21. The molecule has 1 aromatic rings. The first-order valence-corrected chi connectivity index (χ1v) is 3.60. The molecule has 0 atom stereocenters. The molecule has 0 unspecified atom stereocenters. The number of ether oxygens (including phenoxy) is 1. The van der Waals surface area contributed by atoms with Crippen molar-refractivity contribution in [1.29, 1.82) is 0 Å². The Bertz CT molecular complexity index is 250. The Labute approximate surface area is 70.9 Å². The van der Waals surface area contributed by atoms with E-state index in [9.17, 15) is 0 Å². The van der Waals surface area contributed by atoms with Crippen molar-refractivity contribution in [2.45, 2.75) is 6.54 Å². The van der Waals surface area contributed by atoms with E-state index in [1.807, 2.05) is 0 Å². The second kappa shape index (κ2) is 3.60. The molecule has 0 aromatic heterocycles. The summed E-state index contributed by atoms with van der Waals surface area (Å²) in [4.78, 5) is 0. The van der Waals surface area contributed by atoms with Gasteiger partial charge in [0.05, 0.1) is 7.11 Å². The summed E-state index contributed by atoms with van der Waals surface area (Å²) in [6.45, 7) is 0.417. The molecule has 0 spiro atoms. The molecule has 1 aromatic carbocycles. The van der Waals surface area contributed by atoms with Gasteiger partial charge in [0.15, 0.2) is 0 Å². The molecular weight excluding hydrogens is 162 g/mol. The van der Waals surface area contributed by atoms with Gasteiger partial charge in [-0.2, -0.15) is 0 Å². The molecule has 0 aliphatic heterocycles. The maximum atomic E-state index is 5.70. The molecule has 0 heterocycles. The van der Waals surface area contributed by atoms with E-state index in [0.717, 1.165) is 5.56 Å². The molecule has 0 saturated carbocycles. The van der Waals surface area contributed by atoms with Crippen LogP contribution in [0.3, 0.4) is 0 Å². The summed E-state index contributed by atoms with van der Waals surface area (Å²) in [5.74, 6) is 0.694. The predicted molar refractivity (Wildman–Crippen MR) is 44.7 cm³/mol. The minimum Gasteiger partial charge on any atom is -0.496 e. The number of benzene rings is 1. The van der Waals surface area contributed by atoms with Crippen LogP contribution in [-0.2, 0) is 6.54 Å². The molecule has 11 heavy (non-hydrogen) atoms. The van der Waals surface area contributed by atoms with Crippen molar-refractivity contribution >= 4 is 11.6 Å². The van der Waals surface area contributed by atoms with E-state index < -0.39 is 0 Å². The summed E-state index contributed by atoms with van der Waals surface area (Å²) in [6.07, 6.45) is 0. The third-order valence-corrected chi connectivity index (χ3v) is 1.59. The van der Waals surface area contributed by atoms with Gasteiger partial charge < -0.3 is 10.5 Å². The third kappa shape index (κ3) is 1.85. The average molecular weight is 171 g/mol. The Morgan fingerprint density at radius 3 is 3.00 bits per heavy atom. The second-order valence-electron chi connectivity index (χ2n) is 2.07. The summed E-state index contributed by atoms with van der Waals surface area (Å²) >= 11 is 5.70. The Morgan fingerprint density at radius 2 is 2.45 bits per heavy atom. The Morgan fingerprint density at radius 1 is 1.73 bits per heavy atom. The van der Waals surface area contributed by atoms with Crippen molar-refractivity contribution in [3.8, 4) is 5.75 Å². The van der Waals surface area contributed by atoms with Crippen LogP contribution in [0.4, 0.5) is 0 Å². The van der Waals surface area contributed by atoms with Gasteiger partial charge >= 0.3 is 0 Å². The first kappa shape index (κ1) is 8.37. The van der Waals surface area contributed by atoms with Crippen LogP contribution in [-0.4, -0.2) is 7.11 Å². The van der Waals surface area contributed by atoms with Gasteiger partial charge in [0.2, 0.25) is 0 Å². The lowest BCUT2D eigenvalue weighted by molar-refractivity contribution is 0.409. The minimum atomic E-state index is 0.417. The normalized spacial score (nSPS) is 9.73. The fraction of sp³-hybridized carbons (Fsp3) is 0.250. The van der Waals surface area contributed by atoms with Gasteiger partial charge in [0.1, 0.15) is 5.75 Å². The number of hydrogen-bond acceptors (Lipinski definition) is 2. The SMILES string of the molecule is COc1cc(Cl)c[c]c1CN. The zero-order chi connectivity index (χ0) is 8.27. The highest BCUT2D eigenvalue weighted by atomic mass is 35.5. The first-order valence-electron chi connectivity index (χ1n) is 3.22. The monoisotopic (exact) mass is 170 g/mol. The maximum Gasteiger partial charge on any atom is 0.125 e. The van der Waals surface area contributed by atoms with Crippen LogP contribution in [0.15, 0.2) is 12.1 Å². The van der Waals surface area contributed by atoms with E-state index in [0.29, 0.717) is 17.3 Å². The highest BCUT2D eigenvalue weighted by Gasteiger charge is 2.00. The topological polar surface area (TPSA) is 35.2 Å². The summed E-state index contributed by atoms with van der Waals surface area (Å²) in [5, 5.41) is 0.610. The standard InChI is InChI=1S/C8H9ClNO/c1-11-8-4-7(9)3-2-6(8)5-10/h3-4H,5,10H2,1H3. The zero-order valence-electron chi connectivity index (χ0n) is 6.23. The molecule has 0 bridgehead atoms. The molecule has 2 nitrogen and oxygen atoms in total. The van der Waals surface area contributed by atoms with Gasteiger partial charge in [-0.1, -0.05) is 11.6 Å².